The van der Waals surface area contributed by atoms with E-state index in [4.69, 9.17) is 0 Å². The molecular formula is C14H26N2O. The van der Waals surface area contributed by atoms with Crippen LogP contribution in [0, 0.1) is 5.92 Å². The van der Waals surface area contributed by atoms with E-state index < -0.39 is 0 Å². The van der Waals surface area contributed by atoms with Crippen LogP contribution >= 0.6 is 0 Å². The average Bonchev–Trinajstić information content (AvgIpc) is 2.30. The third-order valence-corrected chi connectivity index (χ3v) is 4.24. The zero-order valence-corrected chi connectivity index (χ0v) is 11.3. The van der Waals surface area contributed by atoms with Gasteiger partial charge in [0.25, 0.3) is 0 Å². The van der Waals surface area contributed by atoms with Crippen molar-refractivity contribution in [3.05, 3.63) is 0 Å². The average molecular weight is 238 g/mol. The minimum atomic E-state index is 0.410. The van der Waals surface area contributed by atoms with E-state index >= 15 is 0 Å². The van der Waals surface area contributed by atoms with E-state index in [1.807, 2.05) is 0 Å². The lowest BCUT2D eigenvalue weighted by Crippen LogP contribution is -2.45. The summed E-state index contributed by atoms with van der Waals surface area (Å²) in [4.78, 5) is 16.3. The molecule has 0 radical (unpaired) electrons. The summed E-state index contributed by atoms with van der Waals surface area (Å²) in [6.07, 6.45) is 8.15. The summed E-state index contributed by atoms with van der Waals surface area (Å²) >= 11 is 0. The molecule has 1 heterocycles. The van der Waals surface area contributed by atoms with Crippen LogP contribution in [0.2, 0.25) is 0 Å². The van der Waals surface area contributed by atoms with Crippen LogP contribution in [0.25, 0.3) is 0 Å². The van der Waals surface area contributed by atoms with E-state index in [2.05, 4.69) is 23.9 Å². The molecule has 0 aromatic rings. The maximum absolute atomic E-state index is 11.9. The summed E-state index contributed by atoms with van der Waals surface area (Å²) in [5.74, 6) is 1.26. The fourth-order valence-corrected chi connectivity index (χ4v) is 3.37. The molecule has 0 atom stereocenters. The molecule has 1 amide bonds. The van der Waals surface area contributed by atoms with Gasteiger partial charge in [-0.25, -0.2) is 0 Å². The maximum Gasteiger partial charge on any atom is 0.222 e. The molecule has 0 N–H and O–H groups in total. The van der Waals surface area contributed by atoms with Crippen molar-refractivity contribution in [2.75, 3.05) is 27.2 Å². The highest BCUT2D eigenvalue weighted by Gasteiger charge is 2.29. The Bertz CT molecular complexity index is 257. The molecule has 0 spiro atoms. The molecular weight excluding hydrogens is 212 g/mol. The molecule has 0 aromatic heterocycles. The molecule has 2 rings (SSSR count). The van der Waals surface area contributed by atoms with Crippen LogP contribution in [-0.4, -0.2) is 48.9 Å². The second-order valence-corrected chi connectivity index (χ2v) is 5.98. The van der Waals surface area contributed by atoms with Gasteiger partial charge in [-0.15, -0.1) is 0 Å². The van der Waals surface area contributed by atoms with Gasteiger partial charge in [-0.05, 0) is 58.5 Å². The first-order valence-electron chi connectivity index (χ1n) is 7.11. The van der Waals surface area contributed by atoms with Crippen LogP contribution < -0.4 is 0 Å². The Labute approximate surface area is 105 Å². The monoisotopic (exact) mass is 238 g/mol. The quantitative estimate of drug-likeness (QED) is 0.752. The lowest BCUT2D eigenvalue weighted by Gasteiger charge is -2.39. The Balaban J connectivity index is 1.80. The number of rotatable bonds is 3. The molecule has 0 unspecified atom stereocenters. The Morgan fingerprint density at radius 3 is 2.47 bits per heavy atom. The van der Waals surface area contributed by atoms with Gasteiger partial charge in [0.05, 0.1) is 0 Å². The number of hydrogen-bond donors (Lipinski definition) is 0. The summed E-state index contributed by atoms with van der Waals surface area (Å²) < 4.78 is 0. The van der Waals surface area contributed by atoms with Crippen molar-refractivity contribution in [2.24, 2.45) is 5.92 Å². The molecule has 1 saturated heterocycles. The van der Waals surface area contributed by atoms with Gasteiger partial charge in [0, 0.05) is 25.6 Å². The molecule has 1 aliphatic carbocycles. The molecule has 0 bridgehead atoms. The van der Waals surface area contributed by atoms with Crippen LogP contribution in [0.4, 0.5) is 0 Å². The minimum Gasteiger partial charge on any atom is -0.340 e. The van der Waals surface area contributed by atoms with Crippen molar-refractivity contribution < 1.29 is 4.79 Å². The third-order valence-electron chi connectivity index (χ3n) is 4.24. The maximum atomic E-state index is 11.9. The highest BCUT2D eigenvalue weighted by Crippen LogP contribution is 2.29. The Morgan fingerprint density at radius 2 is 1.88 bits per heavy atom. The van der Waals surface area contributed by atoms with Crippen molar-refractivity contribution in [1.29, 1.82) is 0 Å². The van der Waals surface area contributed by atoms with Gasteiger partial charge in [-0.1, -0.05) is 0 Å². The number of hydrogen-bond acceptors (Lipinski definition) is 2. The largest absolute Gasteiger partial charge is 0.340 e. The number of carbonyl (C=O) groups excluding carboxylic acids is 1. The third kappa shape index (κ3) is 3.44. The number of amides is 1. The topological polar surface area (TPSA) is 23.6 Å². The number of likely N-dealkylation sites (tertiary alicyclic amines) is 1. The summed E-state index contributed by atoms with van der Waals surface area (Å²) in [6, 6.07) is 0.557. The van der Waals surface area contributed by atoms with Gasteiger partial charge >= 0.3 is 0 Å². The van der Waals surface area contributed by atoms with Gasteiger partial charge in [0.1, 0.15) is 0 Å². The zero-order valence-electron chi connectivity index (χ0n) is 11.3. The lowest BCUT2D eigenvalue weighted by molar-refractivity contribution is -0.136. The second kappa shape index (κ2) is 5.85. The Kier molecular flexibility index (Phi) is 4.43. The molecule has 17 heavy (non-hydrogen) atoms. The smallest absolute Gasteiger partial charge is 0.222 e. The standard InChI is InChI=1S/C14H26N2O/c1-15(2)11-12-6-8-13(9-7-12)16-10-4-3-5-14(16)17/h12-13H,3-11H2,1-2H3. The molecule has 2 fully saturated rings. The van der Waals surface area contributed by atoms with Crippen molar-refractivity contribution in [3.63, 3.8) is 0 Å². The molecule has 0 aromatic carbocycles. The first-order valence-corrected chi connectivity index (χ1v) is 7.11. The van der Waals surface area contributed by atoms with Crippen LogP contribution in [0.15, 0.2) is 0 Å². The fraction of sp³-hybridized carbons (Fsp3) is 0.929. The number of piperidine rings is 1. The van der Waals surface area contributed by atoms with Crippen LogP contribution in [0.5, 0.6) is 0 Å². The molecule has 1 saturated carbocycles. The first kappa shape index (κ1) is 12.9. The van der Waals surface area contributed by atoms with Crippen LogP contribution in [0.3, 0.4) is 0 Å². The first-order chi connectivity index (χ1) is 8.16. The second-order valence-electron chi connectivity index (χ2n) is 5.98. The molecule has 1 aliphatic heterocycles. The minimum absolute atomic E-state index is 0.410. The van der Waals surface area contributed by atoms with Crippen molar-refractivity contribution in [3.8, 4) is 0 Å². The predicted molar refractivity (Wildman–Crippen MR) is 69.9 cm³/mol. The van der Waals surface area contributed by atoms with E-state index in [9.17, 15) is 4.79 Å². The van der Waals surface area contributed by atoms with Gasteiger partial charge in [-0.3, -0.25) is 4.79 Å². The Hall–Kier alpha value is -0.570. The van der Waals surface area contributed by atoms with Crippen molar-refractivity contribution >= 4 is 5.91 Å². The molecule has 3 nitrogen and oxygen atoms in total. The summed E-state index contributed by atoms with van der Waals surface area (Å²) in [7, 11) is 4.31. The predicted octanol–water partition coefficient (Wildman–Crippen LogP) is 2.12. The summed E-state index contributed by atoms with van der Waals surface area (Å²) in [5, 5.41) is 0. The lowest BCUT2D eigenvalue weighted by atomic mass is 9.84. The molecule has 3 heteroatoms. The molecule has 2 aliphatic rings. The zero-order chi connectivity index (χ0) is 12.3. The van der Waals surface area contributed by atoms with Crippen LogP contribution in [0.1, 0.15) is 44.9 Å². The SMILES string of the molecule is CN(C)CC1CCC(N2CCCCC2=O)CC1. The van der Waals surface area contributed by atoms with Gasteiger partial charge in [0.2, 0.25) is 5.91 Å². The fourth-order valence-electron chi connectivity index (χ4n) is 3.37. The van der Waals surface area contributed by atoms with Gasteiger partial charge < -0.3 is 9.80 Å². The van der Waals surface area contributed by atoms with E-state index in [1.165, 1.54) is 38.6 Å². The van der Waals surface area contributed by atoms with Gasteiger partial charge in [-0.2, -0.15) is 0 Å². The number of carbonyl (C=O) groups is 1. The van der Waals surface area contributed by atoms with Crippen molar-refractivity contribution in [2.45, 2.75) is 51.0 Å². The van der Waals surface area contributed by atoms with E-state index in [0.29, 0.717) is 11.9 Å². The Morgan fingerprint density at radius 1 is 1.18 bits per heavy atom. The summed E-state index contributed by atoms with van der Waals surface area (Å²) in [6.45, 7) is 2.22. The van der Waals surface area contributed by atoms with Gasteiger partial charge in [0.15, 0.2) is 0 Å². The van der Waals surface area contributed by atoms with E-state index in [-0.39, 0.29) is 0 Å². The molecule has 98 valence electrons. The van der Waals surface area contributed by atoms with Crippen molar-refractivity contribution in [1.82, 2.24) is 9.80 Å². The highest BCUT2D eigenvalue weighted by atomic mass is 16.2. The van der Waals surface area contributed by atoms with Crippen LogP contribution in [-0.2, 0) is 4.79 Å². The number of nitrogens with zero attached hydrogens (tertiary/aromatic N) is 2. The van der Waals surface area contributed by atoms with E-state index in [0.717, 1.165) is 25.3 Å². The van der Waals surface area contributed by atoms with E-state index in [1.54, 1.807) is 0 Å². The summed E-state index contributed by atoms with van der Waals surface area (Å²) in [5.41, 5.74) is 0. The normalized spacial score (nSPS) is 31.0. The highest BCUT2D eigenvalue weighted by molar-refractivity contribution is 5.77.